The fourth-order valence-corrected chi connectivity index (χ4v) is 2.95. The van der Waals surface area contributed by atoms with Gasteiger partial charge in [0.1, 0.15) is 0 Å². The lowest BCUT2D eigenvalue weighted by Gasteiger charge is -2.23. The minimum Gasteiger partial charge on any atom is -0.314 e. The van der Waals surface area contributed by atoms with Gasteiger partial charge in [-0.1, -0.05) is 24.1 Å². The third kappa shape index (κ3) is 2.99. The summed E-state index contributed by atoms with van der Waals surface area (Å²) in [4.78, 5) is 0. The number of nitrogens with zero attached hydrogens (tertiary/aromatic N) is 2. The molecule has 1 aliphatic heterocycles. The molecule has 1 unspecified atom stereocenters. The Kier molecular flexibility index (Phi) is 3.85. The summed E-state index contributed by atoms with van der Waals surface area (Å²) in [7, 11) is 0. The van der Waals surface area contributed by atoms with E-state index in [4.69, 9.17) is 11.6 Å². The zero-order valence-electron chi connectivity index (χ0n) is 10.8. The summed E-state index contributed by atoms with van der Waals surface area (Å²) in [6.45, 7) is 1.14. The molecular weight excluding hydrogens is 258 g/mol. The molecule has 0 aliphatic carbocycles. The number of aromatic nitrogens is 2. The van der Waals surface area contributed by atoms with Gasteiger partial charge in [0, 0.05) is 18.4 Å². The maximum atomic E-state index is 6.36. The minimum atomic E-state index is 0.598. The van der Waals surface area contributed by atoms with Crippen LogP contribution in [0.25, 0.3) is 5.69 Å². The topological polar surface area (TPSA) is 29.9 Å². The van der Waals surface area contributed by atoms with E-state index < -0.39 is 0 Å². The van der Waals surface area contributed by atoms with Crippen LogP contribution < -0.4 is 5.32 Å². The third-order valence-electron chi connectivity index (χ3n) is 3.66. The zero-order chi connectivity index (χ0) is 13.1. The Balaban J connectivity index is 1.75. The van der Waals surface area contributed by atoms with E-state index in [1.54, 1.807) is 10.9 Å². The van der Waals surface area contributed by atoms with Crippen LogP contribution in [0, 0.1) is 0 Å². The summed E-state index contributed by atoms with van der Waals surface area (Å²) >= 11 is 6.36. The van der Waals surface area contributed by atoms with Crippen LogP contribution in [0.1, 0.15) is 24.8 Å². The van der Waals surface area contributed by atoms with Crippen molar-refractivity contribution in [1.82, 2.24) is 15.1 Å². The molecule has 0 bridgehead atoms. The van der Waals surface area contributed by atoms with Gasteiger partial charge >= 0.3 is 0 Å². The average Bonchev–Trinajstić information content (AvgIpc) is 2.94. The van der Waals surface area contributed by atoms with E-state index in [1.807, 2.05) is 18.3 Å². The molecule has 100 valence electrons. The summed E-state index contributed by atoms with van der Waals surface area (Å²) in [5.41, 5.74) is 2.23. The van der Waals surface area contributed by atoms with Crippen molar-refractivity contribution in [2.45, 2.75) is 31.7 Å². The molecule has 1 fully saturated rings. The molecule has 1 aliphatic rings. The second-order valence-electron chi connectivity index (χ2n) is 5.09. The summed E-state index contributed by atoms with van der Waals surface area (Å²) in [5, 5.41) is 8.54. The second kappa shape index (κ2) is 5.76. The van der Waals surface area contributed by atoms with Crippen molar-refractivity contribution in [2.75, 3.05) is 6.54 Å². The number of halogens is 1. The van der Waals surface area contributed by atoms with Crippen LogP contribution in [0.5, 0.6) is 0 Å². The molecule has 4 heteroatoms. The van der Waals surface area contributed by atoms with Crippen molar-refractivity contribution in [3.05, 3.63) is 47.2 Å². The first-order valence-electron chi connectivity index (χ1n) is 6.85. The summed E-state index contributed by atoms with van der Waals surface area (Å²) < 4.78 is 1.80. The van der Waals surface area contributed by atoms with Gasteiger partial charge < -0.3 is 5.32 Å². The molecule has 0 saturated carbocycles. The number of nitrogens with one attached hydrogen (secondary N) is 1. The van der Waals surface area contributed by atoms with E-state index in [0.29, 0.717) is 6.04 Å². The van der Waals surface area contributed by atoms with Crippen LogP contribution >= 0.6 is 11.6 Å². The maximum Gasteiger partial charge on any atom is 0.0831 e. The largest absolute Gasteiger partial charge is 0.314 e. The van der Waals surface area contributed by atoms with Gasteiger partial charge in [-0.3, -0.25) is 0 Å². The number of rotatable bonds is 3. The van der Waals surface area contributed by atoms with Crippen LogP contribution in [0.15, 0.2) is 36.7 Å². The number of hydrogen-bond donors (Lipinski definition) is 1. The molecule has 2 heterocycles. The van der Waals surface area contributed by atoms with Crippen molar-refractivity contribution in [1.29, 1.82) is 0 Å². The van der Waals surface area contributed by atoms with E-state index in [1.165, 1.54) is 24.8 Å². The monoisotopic (exact) mass is 275 g/mol. The molecule has 2 aromatic rings. The standard InChI is InChI=1S/C15H18ClN3/c16-14-11-12(10-13-4-1-2-7-17-13)5-6-15(14)19-9-3-8-18-19/h3,5-6,8-9,11,13,17H,1-2,4,7,10H2. The third-order valence-corrected chi connectivity index (χ3v) is 3.96. The van der Waals surface area contributed by atoms with Crippen molar-refractivity contribution in [3.63, 3.8) is 0 Å². The Morgan fingerprint density at radius 1 is 1.37 bits per heavy atom. The highest BCUT2D eigenvalue weighted by Gasteiger charge is 2.13. The fourth-order valence-electron chi connectivity index (χ4n) is 2.66. The lowest BCUT2D eigenvalue weighted by atomic mass is 9.98. The van der Waals surface area contributed by atoms with Gasteiger partial charge in [-0.2, -0.15) is 5.10 Å². The van der Waals surface area contributed by atoms with Gasteiger partial charge in [0.2, 0.25) is 0 Å². The Hall–Kier alpha value is -1.32. The average molecular weight is 276 g/mol. The first-order chi connectivity index (χ1) is 9.33. The van der Waals surface area contributed by atoms with Crippen LogP contribution in [0.3, 0.4) is 0 Å². The summed E-state index contributed by atoms with van der Waals surface area (Å²) in [6, 6.07) is 8.76. The van der Waals surface area contributed by atoms with Crippen LogP contribution in [-0.4, -0.2) is 22.4 Å². The Labute approximate surface area is 118 Å². The normalized spacial score (nSPS) is 19.5. The lowest BCUT2D eigenvalue weighted by Crippen LogP contribution is -2.35. The van der Waals surface area contributed by atoms with E-state index in [2.05, 4.69) is 22.5 Å². The Morgan fingerprint density at radius 2 is 2.32 bits per heavy atom. The highest BCUT2D eigenvalue weighted by molar-refractivity contribution is 6.32. The molecule has 0 radical (unpaired) electrons. The second-order valence-corrected chi connectivity index (χ2v) is 5.49. The van der Waals surface area contributed by atoms with E-state index in [-0.39, 0.29) is 0 Å². The molecule has 1 aromatic heterocycles. The predicted octanol–water partition coefficient (Wildman–Crippen LogP) is 3.21. The smallest absolute Gasteiger partial charge is 0.0831 e. The van der Waals surface area contributed by atoms with Crippen LogP contribution in [0.4, 0.5) is 0 Å². The molecule has 3 nitrogen and oxygen atoms in total. The fraction of sp³-hybridized carbons (Fsp3) is 0.400. The molecule has 1 aromatic carbocycles. The first-order valence-corrected chi connectivity index (χ1v) is 7.22. The first kappa shape index (κ1) is 12.7. The van der Waals surface area contributed by atoms with E-state index in [0.717, 1.165) is 23.7 Å². The molecule has 1 N–H and O–H groups in total. The molecule has 1 saturated heterocycles. The van der Waals surface area contributed by atoms with Crippen molar-refractivity contribution >= 4 is 11.6 Å². The van der Waals surface area contributed by atoms with Crippen molar-refractivity contribution in [3.8, 4) is 5.69 Å². The molecule has 19 heavy (non-hydrogen) atoms. The van der Waals surface area contributed by atoms with Gasteiger partial charge in [0.15, 0.2) is 0 Å². The molecule has 0 amide bonds. The van der Waals surface area contributed by atoms with Crippen LogP contribution in [-0.2, 0) is 6.42 Å². The van der Waals surface area contributed by atoms with Crippen molar-refractivity contribution in [2.24, 2.45) is 0 Å². The highest BCUT2D eigenvalue weighted by atomic mass is 35.5. The highest BCUT2D eigenvalue weighted by Crippen LogP contribution is 2.23. The molecular formula is C15H18ClN3. The van der Waals surface area contributed by atoms with Gasteiger partial charge in [-0.15, -0.1) is 0 Å². The summed E-state index contributed by atoms with van der Waals surface area (Å²) in [5.74, 6) is 0. The Bertz CT molecular complexity index is 530. The SMILES string of the molecule is Clc1cc(CC2CCCCN2)ccc1-n1cccn1. The maximum absolute atomic E-state index is 6.36. The quantitative estimate of drug-likeness (QED) is 0.932. The zero-order valence-corrected chi connectivity index (χ0v) is 11.6. The van der Waals surface area contributed by atoms with E-state index >= 15 is 0 Å². The number of benzene rings is 1. The van der Waals surface area contributed by atoms with Crippen LogP contribution in [0.2, 0.25) is 5.02 Å². The van der Waals surface area contributed by atoms with Gasteiger partial charge in [-0.25, -0.2) is 4.68 Å². The number of piperidine rings is 1. The molecule has 0 spiro atoms. The van der Waals surface area contributed by atoms with Gasteiger partial charge in [0.25, 0.3) is 0 Å². The minimum absolute atomic E-state index is 0.598. The van der Waals surface area contributed by atoms with Crippen molar-refractivity contribution < 1.29 is 0 Å². The van der Waals surface area contributed by atoms with Gasteiger partial charge in [0.05, 0.1) is 10.7 Å². The predicted molar refractivity (Wildman–Crippen MR) is 77.9 cm³/mol. The summed E-state index contributed by atoms with van der Waals surface area (Å²) in [6.07, 6.45) is 8.61. The number of hydrogen-bond acceptors (Lipinski definition) is 2. The molecule has 1 atom stereocenters. The lowest BCUT2D eigenvalue weighted by molar-refractivity contribution is 0.399. The van der Waals surface area contributed by atoms with Gasteiger partial charge in [-0.05, 0) is 49.6 Å². The molecule has 3 rings (SSSR count). The Morgan fingerprint density at radius 3 is 3.00 bits per heavy atom. The van der Waals surface area contributed by atoms with E-state index in [9.17, 15) is 0 Å².